The second-order valence-corrected chi connectivity index (χ2v) is 6.86. The summed E-state index contributed by atoms with van der Waals surface area (Å²) in [6.45, 7) is 3.89. The molecule has 0 spiro atoms. The fraction of sp³-hybridized carbons (Fsp3) is 0.333. The summed E-state index contributed by atoms with van der Waals surface area (Å²) in [5, 5.41) is 4.08. The smallest absolute Gasteiger partial charge is 0.179 e. The first-order valence-electron chi connectivity index (χ1n) is 7.73. The summed E-state index contributed by atoms with van der Waals surface area (Å²) in [5.74, 6) is 2.17. The van der Waals surface area contributed by atoms with Gasteiger partial charge in [-0.05, 0) is 58.2 Å². The van der Waals surface area contributed by atoms with Crippen LogP contribution in [0.1, 0.15) is 24.1 Å². The summed E-state index contributed by atoms with van der Waals surface area (Å²) in [4.78, 5) is 0. The number of hydrogen-bond acceptors (Lipinski definition) is 4. The number of nitrogens with one attached hydrogen (secondary N) is 1. The first kappa shape index (κ1) is 17.4. The number of ether oxygens (including phenoxy) is 3. The van der Waals surface area contributed by atoms with Gasteiger partial charge in [0.15, 0.2) is 11.5 Å². The Labute approximate surface area is 155 Å². The summed E-state index contributed by atoms with van der Waals surface area (Å²) in [7, 11) is 1.66. The van der Waals surface area contributed by atoms with Crippen molar-refractivity contribution in [2.24, 2.45) is 0 Å². The van der Waals surface area contributed by atoms with E-state index >= 15 is 0 Å². The molecule has 24 heavy (non-hydrogen) atoms. The van der Waals surface area contributed by atoms with Gasteiger partial charge in [0.2, 0.25) is 0 Å². The molecule has 0 bridgehead atoms. The van der Waals surface area contributed by atoms with Gasteiger partial charge in [0, 0.05) is 12.6 Å². The van der Waals surface area contributed by atoms with E-state index in [0.717, 1.165) is 15.8 Å². The van der Waals surface area contributed by atoms with Crippen LogP contribution in [0, 0.1) is 0 Å². The van der Waals surface area contributed by atoms with Crippen molar-refractivity contribution in [3.05, 3.63) is 51.0 Å². The van der Waals surface area contributed by atoms with Gasteiger partial charge < -0.3 is 19.5 Å². The van der Waals surface area contributed by atoms with Gasteiger partial charge in [-0.3, -0.25) is 0 Å². The molecule has 0 radical (unpaired) electrons. The number of benzene rings is 2. The van der Waals surface area contributed by atoms with E-state index < -0.39 is 0 Å². The Morgan fingerprint density at radius 3 is 2.79 bits per heavy atom. The Hall–Kier alpha value is -1.43. The number of rotatable bonds is 5. The molecule has 128 valence electrons. The van der Waals surface area contributed by atoms with Crippen molar-refractivity contribution in [3.8, 4) is 17.2 Å². The molecule has 0 amide bonds. The van der Waals surface area contributed by atoms with Gasteiger partial charge in [0.05, 0.1) is 16.6 Å². The van der Waals surface area contributed by atoms with Crippen LogP contribution in [0.25, 0.3) is 0 Å². The van der Waals surface area contributed by atoms with Gasteiger partial charge >= 0.3 is 0 Å². The minimum absolute atomic E-state index is 0.180. The number of halogens is 2. The lowest BCUT2D eigenvalue weighted by Crippen LogP contribution is -2.19. The molecular weight excluding hydrogens is 394 g/mol. The summed E-state index contributed by atoms with van der Waals surface area (Å²) in [5.41, 5.74) is 2.23. The maximum absolute atomic E-state index is 6.28. The van der Waals surface area contributed by atoms with Gasteiger partial charge in [-0.2, -0.15) is 0 Å². The molecule has 0 aliphatic carbocycles. The number of hydrogen-bond donors (Lipinski definition) is 1. The van der Waals surface area contributed by atoms with Crippen molar-refractivity contribution in [2.75, 3.05) is 20.3 Å². The van der Waals surface area contributed by atoms with Crippen molar-refractivity contribution in [1.29, 1.82) is 0 Å². The molecule has 1 heterocycles. The van der Waals surface area contributed by atoms with Crippen LogP contribution in [-0.4, -0.2) is 20.3 Å². The average molecular weight is 413 g/mol. The van der Waals surface area contributed by atoms with Crippen LogP contribution in [0.2, 0.25) is 5.02 Å². The Morgan fingerprint density at radius 2 is 2.04 bits per heavy atom. The van der Waals surface area contributed by atoms with Gasteiger partial charge in [0.25, 0.3) is 0 Å². The molecule has 6 heteroatoms. The van der Waals surface area contributed by atoms with E-state index in [1.807, 2.05) is 18.2 Å². The Bertz CT molecular complexity index is 738. The van der Waals surface area contributed by atoms with Crippen LogP contribution in [0.4, 0.5) is 0 Å². The standard InChI is InChI=1S/C18H19BrClNO3/c1-11(13-3-4-16(22-2)14(19)9-13)21-10-12-7-15(20)18-17(8-12)23-5-6-24-18/h3-4,7-9,11,21H,5-6,10H2,1-2H3/t11-/m1/s1. The molecule has 1 N–H and O–H groups in total. The number of methoxy groups -OCH3 is 1. The van der Waals surface area contributed by atoms with E-state index in [-0.39, 0.29) is 6.04 Å². The molecule has 4 nitrogen and oxygen atoms in total. The molecular formula is C18H19BrClNO3. The monoisotopic (exact) mass is 411 g/mol. The third kappa shape index (κ3) is 3.79. The van der Waals surface area contributed by atoms with Crippen molar-refractivity contribution < 1.29 is 14.2 Å². The lowest BCUT2D eigenvalue weighted by atomic mass is 10.1. The van der Waals surface area contributed by atoms with Crippen molar-refractivity contribution >= 4 is 27.5 Å². The first-order valence-corrected chi connectivity index (χ1v) is 8.90. The van der Waals surface area contributed by atoms with Crippen molar-refractivity contribution in [3.63, 3.8) is 0 Å². The predicted octanol–water partition coefficient (Wildman–Crippen LogP) is 4.73. The zero-order valence-corrected chi connectivity index (χ0v) is 15.9. The second kappa shape index (κ2) is 7.64. The third-order valence-electron chi connectivity index (χ3n) is 3.94. The topological polar surface area (TPSA) is 39.7 Å². The summed E-state index contributed by atoms with van der Waals surface area (Å²) >= 11 is 9.80. The van der Waals surface area contributed by atoms with Gasteiger partial charge in [-0.1, -0.05) is 17.7 Å². The van der Waals surface area contributed by atoms with Crippen molar-refractivity contribution in [1.82, 2.24) is 5.32 Å². The van der Waals surface area contributed by atoms with Crippen LogP contribution in [0.5, 0.6) is 17.2 Å². The van der Waals surface area contributed by atoms with Crippen LogP contribution in [0.15, 0.2) is 34.8 Å². The first-order chi connectivity index (χ1) is 11.6. The summed E-state index contributed by atoms with van der Waals surface area (Å²) in [6, 6.07) is 10.1. The van der Waals surface area contributed by atoms with Gasteiger partial charge in [-0.15, -0.1) is 0 Å². The Kier molecular flexibility index (Phi) is 5.54. The van der Waals surface area contributed by atoms with E-state index in [4.69, 9.17) is 25.8 Å². The molecule has 0 aromatic heterocycles. The maximum atomic E-state index is 6.28. The molecule has 1 aliphatic heterocycles. The Morgan fingerprint density at radius 1 is 1.25 bits per heavy atom. The van der Waals surface area contributed by atoms with Crippen molar-refractivity contribution in [2.45, 2.75) is 19.5 Å². The molecule has 0 saturated heterocycles. The van der Waals surface area contributed by atoms with Crippen LogP contribution >= 0.6 is 27.5 Å². The van der Waals surface area contributed by atoms with Gasteiger partial charge in [0.1, 0.15) is 19.0 Å². The minimum Gasteiger partial charge on any atom is -0.496 e. The molecule has 1 aliphatic rings. The second-order valence-electron chi connectivity index (χ2n) is 5.60. The van der Waals surface area contributed by atoms with E-state index in [1.54, 1.807) is 7.11 Å². The molecule has 1 atom stereocenters. The van der Waals surface area contributed by atoms with E-state index in [0.29, 0.717) is 36.3 Å². The van der Waals surface area contributed by atoms with Crippen LogP contribution in [0.3, 0.4) is 0 Å². The Balaban J connectivity index is 1.69. The third-order valence-corrected chi connectivity index (χ3v) is 4.85. The fourth-order valence-corrected chi connectivity index (χ4v) is 3.45. The van der Waals surface area contributed by atoms with E-state index in [1.165, 1.54) is 5.56 Å². The predicted molar refractivity (Wildman–Crippen MR) is 98.4 cm³/mol. The average Bonchev–Trinajstić information content (AvgIpc) is 2.59. The summed E-state index contributed by atoms with van der Waals surface area (Å²) < 4.78 is 17.4. The quantitative estimate of drug-likeness (QED) is 0.770. The van der Waals surface area contributed by atoms with Gasteiger partial charge in [-0.25, -0.2) is 0 Å². The van der Waals surface area contributed by atoms with E-state index in [9.17, 15) is 0 Å². The highest BCUT2D eigenvalue weighted by molar-refractivity contribution is 9.10. The van der Waals surface area contributed by atoms with Crippen LogP contribution < -0.4 is 19.5 Å². The number of fused-ring (bicyclic) bond motifs is 1. The fourth-order valence-electron chi connectivity index (χ4n) is 2.61. The molecule has 2 aromatic carbocycles. The highest BCUT2D eigenvalue weighted by Gasteiger charge is 2.17. The molecule has 3 rings (SSSR count). The normalized spacial score (nSPS) is 14.3. The van der Waals surface area contributed by atoms with E-state index in [2.05, 4.69) is 40.3 Å². The largest absolute Gasteiger partial charge is 0.496 e. The zero-order valence-electron chi connectivity index (χ0n) is 13.6. The minimum atomic E-state index is 0.180. The van der Waals surface area contributed by atoms with Crippen LogP contribution in [-0.2, 0) is 6.54 Å². The molecule has 0 fully saturated rings. The molecule has 2 aromatic rings. The maximum Gasteiger partial charge on any atom is 0.179 e. The lowest BCUT2D eigenvalue weighted by Gasteiger charge is -2.21. The zero-order chi connectivity index (χ0) is 17.1. The molecule has 0 saturated carbocycles. The highest BCUT2D eigenvalue weighted by atomic mass is 79.9. The summed E-state index contributed by atoms with van der Waals surface area (Å²) in [6.07, 6.45) is 0. The lowest BCUT2D eigenvalue weighted by molar-refractivity contribution is 0.171. The molecule has 0 unspecified atom stereocenters. The highest BCUT2D eigenvalue weighted by Crippen LogP contribution is 2.38. The SMILES string of the molecule is COc1ccc([C@@H](C)NCc2cc(Cl)c3c(c2)OCCO3)cc1Br.